The first-order valence-electron chi connectivity index (χ1n) is 7.59. The summed E-state index contributed by atoms with van der Waals surface area (Å²) in [6.45, 7) is 0.907. The normalized spacial score (nSPS) is 21.8. The van der Waals surface area contributed by atoms with Gasteiger partial charge in [-0.2, -0.15) is 0 Å². The zero-order valence-electron chi connectivity index (χ0n) is 12.1. The lowest BCUT2D eigenvalue weighted by molar-refractivity contribution is 0.219. The van der Waals surface area contributed by atoms with Gasteiger partial charge in [0.1, 0.15) is 6.10 Å². The molecule has 3 rings (SSSR count). The fraction of sp³-hybridized carbons (Fsp3) is 0.529. The Kier molecular flexibility index (Phi) is 4.26. The van der Waals surface area contributed by atoms with Crippen LogP contribution in [0.3, 0.4) is 0 Å². The van der Waals surface area contributed by atoms with E-state index in [9.17, 15) is 0 Å². The Bertz CT molecular complexity index is 480. The molecule has 1 atom stereocenters. The molecule has 2 aliphatic carbocycles. The summed E-state index contributed by atoms with van der Waals surface area (Å²) < 4.78 is 11.5. The van der Waals surface area contributed by atoms with Crippen LogP contribution < -0.4 is 14.8 Å². The van der Waals surface area contributed by atoms with Crippen LogP contribution in [0.15, 0.2) is 30.4 Å². The lowest BCUT2D eigenvalue weighted by Crippen LogP contribution is -2.17. The monoisotopic (exact) mass is 273 g/mol. The van der Waals surface area contributed by atoms with E-state index in [2.05, 4.69) is 29.6 Å². The summed E-state index contributed by atoms with van der Waals surface area (Å²) in [6.07, 6.45) is 10.6. The van der Waals surface area contributed by atoms with Gasteiger partial charge in [-0.05, 0) is 55.9 Å². The lowest BCUT2D eigenvalue weighted by atomic mass is 10.1. The number of ether oxygens (including phenoxy) is 2. The summed E-state index contributed by atoms with van der Waals surface area (Å²) in [4.78, 5) is 0. The quantitative estimate of drug-likeness (QED) is 0.805. The maximum atomic E-state index is 6.04. The first-order chi connectivity index (χ1) is 9.85. The molecule has 1 fully saturated rings. The van der Waals surface area contributed by atoms with Crippen LogP contribution in [0.2, 0.25) is 0 Å². The first-order valence-corrected chi connectivity index (χ1v) is 7.59. The van der Waals surface area contributed by atoms with Crippen LogP contribution in [0.5, 0.6) is 11.5 Å². The largest absolute Gasteiger partial charge is 0.493 e. The van der Waals surface area contributed by atoms with Gasteiger partial charge in [-0.3, -0.25) is 0 Å². The van der Waals surface area contributed by atoms with Crippen molar-refractivity contribution in [3.63, 3.8) is 0 Å². The van der Waals surface area contributed by atoms with E-state index in [0.717, 1.165) is 30.5 Å². The van der Waals surface area contributed by atoms with Crippen molar-refractivity contribution in [2.45, 2.75) is 50.8 Å². The van der Waals surface area contributed by atoms with Gasteiger partial charge < -0.3 is 14.8 Å². The van der Waals surface area contributed by atoms with Gasteiger partial charge in [0.05, 0.1) is 7.11 Å². The Morgan fingerprint density at radius 2 is 2.10 bits per heavy atom. The third-order valence-electron chi connectivity index (χ3n) is 3.89. The van der Waals surface area contributed by atoms with Crippen molar-refractivity contribution in [3.8, 4) is 11.5 Å². The molecule has 108 valence electrons. The molecular weight excluding hydrogens is 250 g/mol. The van der Waals surface area contributed by atoms with E-state index in [4.69, 9.17) is 9.47 Å². The molecule has 2 aliphatic rings. The highest BCUT2D eigenvalue weighted by Crippen LogP contribution is 2.31. The highest BCUT2D eigenvalue weighted by atomic mass is 16.5. The summed E-state index contributed by atoms with van der Waals surface area (Å²) in [6, 6.07) is 6.96. The number of benzene rings is 1. The van der Waals surface area contributed by atoms with Gasteiger partial charge in [0.25, 0.3) is 0 Å². The summed E-state index contributed by atoms with van der Waals surface area (Å²) in [5, 5.41) is 3.52. The molecule has 0 amide bonds. The van der Waals surface area contributed by atoms with Crippen molar-refractivity contribution >= 4 is 0 Å². The van der Waals surface area contributed by atoms with Crippen molar-refractivity contribution in [1.82, 2.24) is 5.32 Å². The minimum atomic E-state index is 0.188. The van der Waals surface area contributed by atoms with E-state index in [1.165, 1.54) is 31.2 Å². The van der Waals surface area contributed by atoms with E-state index in [0.29, 0.717) is 0 Å². The van der Waals surface area contributed by atoms with Gasteiger partial charge in [0.2, 0.25) is 0 Å². The summed E-state index contributed by atoms with van der Waals surface area (Å²) >= 11 is 0. The topological polar surface area (TPSA) is 30.5 Å². The minimum absolute atomic E-state index is 0.188. The summed E-state index contributed by atoms with van der Waals surface area (Å²) in [5.41, 5.74) is 1.25. The minimum Gasteiger partial charge on any atom is -0.493 e. The van der Waals surface area contributed by atoms with Crippen LogP contribution in [0.25, 0.3) is 0 Å². The van der Waals surface area contributed by atoms with Gasteiger partial charge in [0, 0.05) is 12.6 Å². The second-order valence-electron chi connectivity index (χ2n) is 5.66. The molecule has 0 spiro atoms. The van der Waals surface area contributed by atoms with Gasteiger partial charge in [-0.1, -0.05) is 12.1 Å². The van der Waals surface area contributed by atoms with Crippen molar-refractivity contribution in [1.29, 1.82) is 0 Å². The molecule has 3 heteroatoms. The fourth-order valence-corrected chi connectivity index (χ4v) is 2.51. The maximum absolute atomic E-state index is 6.04. The predicted octanol–water partition coefficient (Wildman–Crippen LogP) is 3.43. The van der Waals surface area contributed by atoms with E-state index < -0.39 is 0 Å². The molecule has 0 aliphatic heterocycles. The molecular formula is C17H23NO2. The summed E-state index contributed by atoms with van der Waals surface area (Å²) in [7, 11) is 1.71. The molecule has 0 heterocycles. The SMILES string of the molecule is COc1cc(CNC2CC2)ccc1OC1C=CCCC1. The first kappa shape index (κ1) is 13.5. The Labute approximate surface area is 121 Å². The molecule has 20 heavy (non-hydrogen) atoms. The van der Waals surface area contributed by atoms with Crippen molar-refractivity contribution in [2.24, 2.45) is 0 Å². The molecule has 1 unspecified atom stereocenters. The number of allylic oxidation sites excluding steroid dienone is 1. The Balaban J connectivity index is 1.66. The third-order valence-corrected chi connectivity index (χ3v) is 3.89. The van der Waals surface area contributed by atoms with Crippen LogP contribution >= 0.6 is 0 Å². The van der Waals surface area contributed by atoms with Gasteiger partial charge in [0.15, 0.2) is 11.5 Å². The van der Waals surface area contributed by atoms with Gasteiger partial charge in [-0.25, -0.2) is 0 Å². The number of hydrogen-bond donors (Lipinski definition) is 1. The second kappa shape index (κ2) is 6.31. The van der Waals surface area contributed by atoms with Crippen molar-refractivity contribution in [3.05, 3.63) is 35.9 Å². The number of nitrogens with one attached hydrogen (secondary N) is 1. The summed E-state index contributed by atoms with van der Waals surface area (Å²) in [5.74, 6) is 1.68. The van der Waals surface area contributed by atoms with Gasteiger partial charge >= 0.3 is 0 Å². The van der Waals surface area contributed by atoms with Crippen LogP contribution in [0.1, 0.15) is 37.7 Å². The van der Waals surface area contributed by atoms with Gasteiger partial charge in [-0.15, -0.1) is 0 Å². The molecule has 0 saturated heterocycles. The van der Waals surface area contributed by atoms with E-state index >= 15 is 0 Å². The average Bonchev–Trinajstić information content (AvgIpc) is 3.31. The van der Waals surface area contributed by atoms with Crippen molar-refractivity contribution in [2.75, 3.05) is 7.11 Å². The maximum Gasteiger partial charge on any atom is 0.162 e. The molecule has 1 saturated carbocycles. The van der Waals surface area contributed by atoms with E-state index in [-0.39, 0.29) is 6.10 Å². The molecule has 3 nitrogen and oxygen atoms in total. The van der Waals surface area contributed by atoms with Crippen LogP contribution in [-0.2, 0) is 6.54 Å². The smallest absolute Gasteiger partial charge is 0.162 e. The average molecular weight is 273 g/mol. The molecule has 0 bridgehead atoms. The Morgan fingerprint density at radius 1 is 1.20 bits per heavy atom. The van der Waals surface area contributed by atoms with Crippen molar-refractivity contribution < 1.29 is 9.47 Å². The highest BCUT2D eigenvalue weighted by molar-refractivity contribution is 5.43. The molecule has 1 N–H and O–H groups in total. The lowest BCUT2D eigenvalue weighted by Gasteiger charge is -2.20. The van der Waals surface area contributed by atoms with Crippen LogP contribution in [0, 0.1) is 0 Å². The van der Waals surface area contributed by atoms with E-state index in [1.54, 1.807) is 7.11 Å². The molecule has 0 radical (unpaired) electrons. The zero-order valence-corrected chi connectivity index (χ0v) is 12.1. The fourth-order valence-electron chi connectivity index (χ4n) is 2.51. The molecule has 1 aromatic rings. The highest BCUT2D eigenvalue weighted by Gasteiger charge is 2.20. The molecule has 1 aromatic carbocycles. The zero-order chi connectivity index (χ0) is 13.8. The van der Waals surface area contributed by atoms with Crippen LogP contribution in [-0.4, -0.2) is 19.3 Å². The third kappa shape index (κ3) is 3.54. The number of hydrogen-bond acceptors (Lipinski definition) is 3. The van der Waals surface area contributed by atoms with Crippen LogP contribution in [0.4, 0.5) is 0 Å². The molecule has 0 aromatic heterocycles. The second-order valence-corrected chi connectivity index (χ2v) is 5.66. The Morgan fingerprint density at radius 3 is 2.80 bits per heavy atom. The van der Waals surface area contributed by atoms with E-state index in [1.807, 2.05) is 6.07 Å². The number of rotatable bonds is 6. The Hall–Kier alpha value is -1.48. The standard InChI is InChI=1S/C17H23NO2/c1-19-17-11-13(12-18-14-8-9-14)7-10-16(17)20-15-5-3-2-4-6-15/h3,5,7,10-11,14-15,18H,2,4,6,8-9,12H2,1H3. The number of methoxy groups -OCH3 is 1. The predicted molar refractivity (Wildman–Crippen MR) is 80.3 cm³/mol.